The van der Waals surface area contributed by atoms with Gasteiger partial charge in [0.15, 0.2) is 0 Å². The summed E-state index contributed by atoms with van der Waals surface area (Å²) in [6.07, 6.45) is 5.08. The third-order valence-corrected chi connectivity index (χ3v) is 4.03. The first-order valence-electron chi connectivity index (χ1n) is 6.17. The van der Waals surface area contributed by atoms with Gasteiger partial charge in [0.1, 0.15) is 0 Å². The minimum absolute atomic E-state index is 1.03. The summed E-state index contributed by atoms with van der Waals surface area (Å²) >= 11 is 1.43. The molecule has 1 aromatic rings. The van der Waals surface area contributed by atoms with Crippen LogP contribution in [-0.4, -0.2) is 13.1 Å². The van der Waals surface area contributed by atoms with Crippen LogP contribution in [0.25, 0.3) is 0 Å². The van der Waals surface area contributed by atoms with Crippen LogP contribution in [0.5, 0.6) is 0 Å². The van der Waals surface area contributed by atoms with Crippen LogP contribution in [0.15, 0.2) is 10.5 Å². The van der Waals surface area contributed by atoms with E-state index in [-0.39, 0.29) is 0 Å². The van der Waals surface area contributed by atoms with Gasteiger partial charge in [0.05, 0.1) is 0 Å². The zero-order valence-electron chi connectivity index (χ0n) is 10.1. The first-order chi connectivity index (χ1) is 7.76. The van der Waals surface area contributed by atoms with Crippen molar-refractivity contribution in [3.63, 3.8) is 0 Å². The van der Waals surface area contributed by atoms with Crippen LogP contribution in [-0.2, 0) is 32.2 Å². The summed E-state index contributed by atoms with van der Waals surface area (Å²) in [5, 5.41) is 0. The summed E-state index contributed by atoms with van der Waals surface area (Å²) in [5.41, 5.74) is 3.00. The summed E-state index contributed by atoms with van der Waals surface area (Å²) in [6.45, 7) is 6.46. The van der Waals surface area contributed by atoms with Crippen LogP contribution in [0, 0.1) is 3.74 Å². The van der Waals surface area contributed by atoms with Crippen molar-refractivity contribution in [2.24, 2.45) is 0 Å². The summed E-state index contributed by atoms with van der Waals surface area (Å²) in [6, 6.07) is 2.26. The van der Waals surface area contributed by atoms with E-state index < -0.39 is 0 Å². The van der Waals surface area contributed by atoms with Crippen molar-refractivity contribution < 1.29 is 23.8 Å². The fraction of sp³-hybridized carbons (Fsp3) is 0.615. The molecule has 1 aromatic heterocycles. The summed E-state index contributed by atoms with van der Waals surface area (Å²) in [4.78, 5) is 2.34. The van der Waals surface area contributed by atoms with Crippen LogP contribution in [0.1, 0.15) is 37.8 Å². The minimum atomic E-state index is 1.03. The number of anilines is 1. The predicted octanol–water partition coefficient (Wildman–Crippen LogP) is 3.08. The van der Waals surface area contributed by atoms with Crippen molar-refractivity contribution in [2.75, 3.05) is 18.0 Å². The second-order valence-electron chi connectivity index (χ2n) is 4.25. The van der Waals surface area contributed by atoms with Gasteiger partial charge in [0, 0.05) is 0 Å². The molecule has 1 aliphatic rings. The van der Waals surface area contributed by atoms with Gasteiger partial charge in [-0.1, -0.05) is 0 Å². The Morgan fingerprint density at radius 2 is 1.94 bits per heavy atom. The number of fused-ring (bicyclic) bond motifs is 1. The van der Waals surface area contributed by atoms with Gasteiger partial charge in [-0.15, -0.1) is 0 Å². The van der Waals surface area contributed by atoms with Gasteiger partial charge in [-0.25, -0.2) is 0 Å². The van der Waals surface area contributed by atoms with Gasteiger partial charge < -0.3 is 0 Å². The molecular formula is C13H19NOW. The number of aryl methyl sites for hydroxylation is 1. The van der Waals surface area contributed by atoms with Crippen LogP contribution < -0.4 is 4.90 Å². The molecule has 0 aromatic carbocycles. The average Bonchev–Trinajstić information content (AvgIpc) is 2.30. The Hall–Kier alpha value is -0.362. The Kier molecular flexibility index (Phi) is 4.02. The van der Waals surface area contributed by atoms with Crippen molar-refractivity contribution in [1.29, 1.82) is 0 Å². The maximum atomic E-state index is 5.98. The maximum absolute atomic E-state index is 5.98. The van der Waals surface area contributed by atoms with E-state index in [1.54, 1.807) is 0 Å². The summed E-state index contributed by atoms with van der Waals surface area (Å²) in [5.74, 6) is 1.15. The molecule has 88 valence electrons. The first-order valence-corrected chi connectivity index (χ1v) is 7.63. The molecule has 0 saturated heterocycles. The summed E-state index contributed by atoms with van der Waals surface area (Å²) in [7, 11) is 0. The van der Waals surface area contributed by atoms with E-state index in [1.807, 2.05) is 0 Å². The molecule has 1 aliphatic carbocycles. The molecule has 0 spiro atoms. The molecule has 0 radical (unpaired) electrons. The van der Waals surface area contributed by atoms with Crippen LogP contribution in [0.3, 0.4) is 0 Å². The van der Waals surface area contributed by atoms with Crippen LogP contribution in [0.2, 0.25) is 0 Å². The van der Waals surface area contributed by atoms with E-state index in [2.05, 4.69) is 24.8 Å². The molecule has 2 rings (SSSR count). The number of hydrogen-bond acceptors (Lipinski definition) is 2. The zero-order valence-corrected chi connectivity index (χ0v) is 13.0. The molecule has 16 heavy (non-hydrogen) atoms. The van der Waals surface area contributed by atoms with Crippen molar-refractivity contribution in [3.8, 4) is 0 Å². The molecule has 0 N–H and O–H groups in total. The monoisotopic (exact) mass is 389 g/mol. The Morgan fingerprint density at radius 3 is 2.62 bits per heavy atom. The van der Waals surface area contributed by atoms with Gasteiger partial charge in [-0.05, 0) is 0 Å². The van der Waals surface area contributed by atoms with E-state index in [9.17, 15) is 0 Å². The topological polar surface area (TPSA) is 16.4 Å². The summed E-state index contributed by atoms with van der Waals surface area (Å²) < 4.78 is 7.11. The molecule has 3 heteroatoms. The van der Waals surface area contributed by atoms with E-state index >= 15 is 0 Å². The third-order valence-electron chi connectivity index (χ3n) is 3.31. The van der Waals surface area contributed by atoms with Gasteiger partial charge in [0.25, 0.3) is 0 Å². The Labute approximate surface area is 108 Å². The standard InChI is InChI=1S/C13H19NO.W/c1-3-14(4-2)13-12-8-6-5-7-11(12)9-10-15-13;/h9H,3-8H2,1-2H3;. The number of nitrogens with zero attached hydrogens (tertiary/aromatic N) is 1. The second-order valence-corrected chi connectivity index (χ2v) is 5.70. The molecule has 0 fully saturated rings. The quantitative estimate of drug-likeness (QED) is 0.791. The Bertz CT molecular complexity index is 420. The molecule has 0 unspecified atom stereocenters. The molecule has 2 nitrogen and oxygen atoms in total. The molecule has 0 atom stereocenters. The predicted molar refractivity (Wildman–Crippen MR) is 62.2 cm³/mol. The Balaban J connectivity index is 2.50. The molecular weight excluding hydrogens is 370 g/mol. The molecule has 0 bridgehead atoms. The van der Waals surface area contributed by atoms with Gasteiger partial charge in [0.2, 0.25) is 0 Å². The van der Waals surface area contributed by atoms with Gasteiger partial charge in [-0.3, -0.25) is 0 Å². The molecule has 0 aliphatic heterocycles. The first kappa shape index (κ1) is 12.1. The Morgan fingerprint density at radius 1 is 1.25 bits per heavy atom. The van der Waals surface area contributed by atoms with E-state index in [1.165, 1.54) is 56.2 Å². The van der Waals surface area contributed by atoms with Gasteiger partial charge in [-0.2, -0.15) is 0 Å². The number of rotatable bonds is 3. The molecule has 1 heterocycles. The van der Waals surface area contributed by atoms with Crippen LogP contribution in [0.4, 0.5) is 5.88 Å². The third kappa shape index (κ3) is 2.32. The van der Waals surface area contributed by atoms with Crippen molar-refractivity contribution in [1.82, 2.24) is 0 Å². The normalized spacial score (nSPS) is 14.6. The fourth-order valence-electron chi connectivity index (χ4n) is 2.43. The van der Waals surface area contributed by atoms with Crippen molar-refractivity contribution in [2.45, 2.75) is 39.5 Å². The SMILES string of the molecule is CCN(CC)c1o[c](=[W])cc2c1CCCC2. The van der Waals surface area contributed by atoms with E-state index in [0.29, 0.717) is 0 Å². The molecule has 0 amide bonds. The van der Waals surface area contributed by atoms with Crippen molar-refractivity contribution in [3.05, 3.63) is 20.9 Å². The number of hydrogen-bond donors (Lipinski definition) is 0. The zero-order chi connectivity index (χ0) is 11.5. The van der Waals surface area contributed by atoms with E-state index in [4.69, 9.17) is 4.42 Å². The molecule has 0 saturated carbocycles. The average molecular weight is 389 g/mol. The van der Waals surface area contributed by atoms with Crippen molar-refractivity contribution >= 4 is 5.88 Å². The fourth-order valence-corrected chi connectivity index (χ4v) is 3.22. The van der Waals surface area contributed by atoms with Crippen LogP contribution >= 0.6 is 0 Å². The van der Waals surface area contributed by atoms with E-state index in [0.717, 1.165) is 22.7 Å². The second kappa shape index (κ2) is 5.31. The van der Waals surface area contributed by atoms with Gasteiger partial charge >= 0.3 is 108 Å².